The minimum atomic E-state index is -0.602. The monoisotopic (exact) mass is 566 g/mol. The van der Waals surface area contributed by atoms with Gasteiger partial charge in [0.15, 0.2) is 6.79 Å². The predicted molar refractivity (Wildman–Crippen MR) is 138 cm³/mol. The topological polar surface area (TPSA) is 88.1 Å². The van der Waals surface area contributed by atoms with Gasteiger partial charge in [-0.3, -0.25) is 0 Å². The maximum absolute atomic E-state index is 12.8. The van der Waals surface area contributed by atoms with E-state index in [-0.39, 0.29) is 24.5 Å². The highest BCUT2D eigenvalue weighted by atomic mass is 79.9. The fourth-order valence-corrected chi connectivity index (χ4v) is 5.00. The molecule has 7 nitrogen and oxygen atoms in total. The first-order chi connectivity index (χ1) is 17.4. The molecular formula is C27H16BrClO7. The summed E-state index contributed by atoms with van der Waals surface area (Å²) < 4.78 is 28.8. The first-order valence-electron chi connectivity index (χ1n) is 10.9. The number of benzene rings is 3. The molecule has 0 N–H and O–H groups in total. The zero-order valence-electron chi connectivity index (χ0n) is 18.5. The van der Waals surface area contributed by atoms with Crippen LogP contribution in [-0.4, -0.2) is 6.79 Å². The van der Waals surface area contributed by atoms with Crippen molar-refractivity contribution in [2.75, 3.05) is 6.79 Å². The number of hydrogen-bond acceptors (Lipinski definition) is 7. The van der Waals surface area contributed by atoms with Gasteiger partial charge in [0.25, 0.3) is 0 Å². The van der Waals surface area contributed by atoms with Crippen LogP contribution in [0.15, 0.2) is 83.6 Å². The molecule has 0 amide bonds. The molecule has 0 radical (unpaired) electrons. The molecule has 0 aliphatic carbocycles. The van der Waals surface area contributed by atoms with Gasteiger partial charge in [0.1, 0.15) is 29.3 Å². The van der Waals surface area contributed by atoms with Crippen molar-refractivity contribution >= 4 is 49.5 Å². The van der Waals surface area contributed by atoms with Crippen molar-refractivity contribution in [2.45, 2.75) is 13.2 Å². The Balaban J connectivity index is 1.38. The lowest BCUT2D eigenvalue weighted by Gasteiger charge is -2.21. The van der Waals surface area contributed by atoms with Crippen LogP contribution in [0.4, 0.5) is 0 Å². The molecule has 0 bridgehead atoms. The van der Waals surface area contributed by atoms with Crippen molar-refractivity contribution in [2.24, 2.45) is 0 Å². The van der Waals surface area contributed by atoms with Crippen molar-refractivity contribution in [3.05, 3.63) is 102 Å². The van der Waals surface area contributed by atoms with Crippen LogP contribution in [-0.2, 0) is 18.0 Å². The van der Waals surface area contributed by atoms with Crippen LogP contribution < -0.4 is 20.7 Å². The second-order valence-corrected chi connectivity index (χ2v) is 9.57. The summed E-state index contributed by atoms with van der Waals surface area (Å²) in [7, 11) is 0. The maximum Gasteiger partial charge on any atom is 0.344 e. The van der Waals surface area contributed by atoms with Gasteiger partial charge < -0.3 is 23.0 Å². The molecule has 5 aromatic rings. The van der Waals surface area contributed by atoms with Crippen LogP contribution in [0.3, 0.4) is 0 Å². The van der Waals surface area contributed by atoms with Crippen LogP contribution in [0.1, 0.15) is 11.1 Å². The average molecular weight is 568 g/mol. The number of hydrogen-bond donors (Lipinski definition) is 0. The highest BCUT2D eigenvalue weighted by Crippen LogP contribution is 2.34. The van der Waals surface area contributed by atoms with Gasteiger partial charge in [-0.1, -0.05) is 27.5 Å². The van der Waals surface area contributed by atoms with Crippen molar-refractivity contribution in [3.8, 4) is 22.6 Å². The lowest BCUT2D eigenvalue weighted by Crippen LogP contribution is -2.14. The van der Waals surface area contributed by atoms with Gasteiger partial charge in [-0.05, 0) is 48.5 Å². The van der Waals surface area contributed by atoms with Gasteiger partial charge in [-0.15, -0.1) is 0 Å². The summed E-state index contributed by atoms with van der Waals surface area (Å²) in [5, 5.41) is 1.71. The van der Waals surface area contributed by atoms with E-state index in [1.165, 1.54) is 6.07 Å². The lowest BCUT2D eigenvalue weighted by molar-refractivity contribution is -0.0176. The van der Waals surface area contributed by atoms with Crippen LogP contribution in [0.5, 0.6) is 11.5 Å². The Morgan fingerprint density at radius 1 is 0.917 bits per heavy atom. The molecule has 0 atom stereocenters. The molecule has 180 valence electrons. The first kappa shape index (κ1) is 22.8. The Labute approximate surface area is 216 Å². The largest absolute Gasteiger partial charge is 0.489 e. The molecule has 9 heteroatoms. The molecular weight excluding hydrogens is 552 g/mol. The van der Waals surface area contributed by atoms with Gasteiger partial charge in [0.05, 0.1) is 12.2 Å². The van der Waals surface area contributed by atoms with Gasteiger partial charge in [-0.25, -0.2) is 9.59 Å². The van der Waals surface area contributed by atoms with E-state index in [4.69, 9.17) is 34.6 Å². The number of rotatable bonds is 4. The molecule has 1 aliphatic heterocycles. The molecule has 0 spiro atoms. The highest BCUT2D eigenvalue weighted by Gasteiger charge is 2.18. The van der Waals surface area contributed by atoms with Crippen molar-refractivity contribution < 1.29 is 23.0 Å². The Morgan fingerprint density at radius 3 is 2.69 bits per heavy atom. The van der Waals surface area contributed by atoms with Gasteiger partial charge in [0, 0.05) is 49.1 Å². The van der Waals surface area contributed by atoms with Crippen LogP contribution in [0.2, 0.25) is 5.02 Å². The van der Waals surface area contributed by atoms with Crippen molar-refractivity contribution in [1.29, 1.82) is 0 Å². The number of halogens is 2. The van der Waals surface area contributed by atoms with Crippen LogP contribution in [0.25, 0.3) is 33.1 Å². The Hall–Kier alpha value is -3.59. The van der Waals surface area contributed by atoms with Crippen molar-refractivity contribution in [1.82, 2.24) is 0 Å². The molecule has 2 aromatic heterocycles. The van der Waals surface area contributed by atoms with Crippen LogP contribution in [0, 0.1) is 0 Å². The van der Waals surface area contributed by atoms with E-state index >= 15 is 0 Å². The van der Waals surface area contributed by atoms with E-state index in [0.717, 1.165) is 21.3 Å². The van der Waals surface area contributed by atoms with Gasteiger partial charge in [0.2, 0.25) is 0 Å². The van der Waals surface area contributed by atoms with E-state index in [9.17, 15) is 9.59 Å². The summed E-state index contributed by atoms with van der Waals surface area (Å²) in [4.78, 5) is 25.2. The normalized spacial score (nSPS) is 12.9. The molecule has 6 rings (SSSR count). The molecule has 3 heterocycles. The maximum atomic E-state index is 12.8. The van der Waals surface area contributed by atoms with E-state index in [1.54, 1.807) is 42.5 Å². The SMILES string of the molecule is O=c1cc(-c2cc3cc(Cl)ccc3oc2=O)c2ccc(OCc3cc(Br)cc4c3OCOC4)cc2o1. The third-order valence-electron chi connectivity index (χ3n) is 5.85. The zero-order valence-corrected chi connectivity index (χ0v) is 20.9. The van der Waals surface area contributed by atoms with E-state index in [1.807, 2.05) is 12.1 Å². The molecule has 36 heavy (non-hydrogen) atoms. The predicted octanol–water partition coefficient (Wildman–Crippen LogP) is 6.43. The standard InChI is InChI=1S/C27H16BrClO7/c28-17-5-15-11-32-13-34-26(15)16(6-17)12-33-19-2-3-20-21(10-25(30)35-24(20)9-19)22-8-14-7-18(29)1-4-23(14)36-27(22)31/h1-10H,11-13H2. The van der Waals surface area contributed by atoms with E-state index in [2.05, 4.69) is 15.9 Å². The fourth-order valence-electron chi connectivity index (χ4n) is 4.26. The fraction of sp³-hybridized carbons (Fsp3) is 0.111. The lowest BCUT2D eigenvalue weighted by atomic mass is 10.0. The summed E-state index contributed by atoms with van der Waals surface area (Å²) in [6.45, 7) is 0.868. The molecule has 0 saturated carbocycles. The Bertz CT molecular complexity index is 1770. The summed E-state index contributed by atoms with van der Waals surface area (Å²) in [5.74, 6) is 1.23. The second-order valence-electron chi connectivity index (χ2n) is 8.22. The Kier molecular flexibility index (Phi) is 5.79. The molecule has 0 fully saturated rings. The number of ether oxygens (including phenoxy) is 3. The third-order valence-corrected chi connectivity index (χ3v) is 6.54. The quantitative estimate of drug-likeness (QED) is 0.231. The average Bonchev–Trinajstić information content (AvgIpc) is 2.86. The van der Waals surface area contributed by atoms with Crippen molar-refractivity contribution in [3.63, 3.8) is 0 Å². The molecule has 0 saturated heterocycles. The molecule has 0 unspecified atom stereocenters. The summed E-state index contributed by atoms with van der Waals surface area (Å²) >= 11 is 9.61. The molecule has 3 aromatic carbocycles. The zero-order chi connectivity index (χ0) is 24.8. The van der Waals surface area contributed by atoms with E-state index < -0.39 is 11.3 Å². The second kappa shape index (κ2) is 9.13. The summed E-state index contributed by atoms with van der Waals surface area (Å²) in [6, 6.07) is 16.9. The van der Waals surface area contributed by atoms with E-state index in [0.29, 0.717) is 39.3 Å². The minimum Gasteiger partial charge on any atom is -0.489 e. The van der Waals surface area contributed by atoms with Gasteiger partial charge in [-0.2, -0.15) is 0 Å². The minimum absolute atomic E-state index is 0.181. The molecule has 1 aliphatic rings. The Morgan fingerprint density at radius 2 is 1.81 bits per heavy atom. The third kappa shape index (κ3) is 4.28. The first-order valence-corrected chi connectivity index (χ1v) is 12.1. The number of fused-ring (bicyclic) bond motifs is 3. The van der Waals surface area contributed by atoms with Gasteiger partial charge >= 0.3 is 11.3 Å². The summed E-state index contributed by atoms with van der Waals surface area (Å²) in [6.07, 6.45) is 0. The van der Waals surface area contributed by atoms with Crippen LogP contribution >= 0.6 is 27.5 Å². The summed E-state index contributed by atoms with van der Waals surface area (Å²) in [5.41, 5.74) is 1.93. The smallest absolute Gasteiger partial charge is 0.344 e. The highest BCUT2D eigenvalue weighted by molar-refractivity contribution is 9.10.